The fourth-order valence-corrected chi connectivity index (χ4v) is 5.05. The summed E-state index contributed by atoms with van der Waals surface area (Å²) in [4.78, 5) is 51.4. The molecule has 0 aliphatic heterocycles. The van der Waals surface area contributed by atoms with Gasteiger partial charge in [-0.05, 0) is 64.5 Å². The van der Waals surface area contributed by atoms with E-state index in [0.717, 1.165) is 16.5 Å². The van der Waals surface area contributed by atoms with Gasteiger partial charge in [0.25, 0.3) is 0 Å². The van der Waals surface area contributed by atoms with Crippen molar-refractivity contribution in [1.82, 2.24) is 19.4 Å². The average Bonchev–Trinajstić information content (AvgIpc) is 3.29. The highest BCUT2D eigenvalue weighted by Crippen LogP contribution is 2.35. The first-order valence-electron chi connectivity index (χ1n) is 15.5. The molecule has 0 unspecified atom stereocenters. The van der Waals surface area contributed by atoms with Crippen molar-refractivity contribution >= 4 is 63.7 Å². The fraction of sp³-hybridized carbons (Fsp3) is 0.400. The van der Waals surface area contributed by atoms with Crippen molar-refractivity contribution in [1.29, 1.82) is 0 Å². The second-order valence-corrected chi connectivity index (χ2v) is 14.4. The van der Waals surface area contributed by atoms with Gasteiger partial charge in [0.1, 0.15) is 5.60 Å². The number of carbonyl (C=O) groups excluding carboxylic acids is 3. The van der Waals surface area contributed by atoms with Crippen LogP contribution in [0.3, 0.4) is 0 Å². The number of para-hydroxylation sites is 1. The number of fused-ring (bicyclic) bond motifs is 1. The largest absolute Gasteiger partial charge is 0.443 e. The standard InChI is InChI=1S/C35H44ClN7O5/c1-34(2,3)19-29(44)47-32(45)39-26-18-22(14-15-28(26)43(17-16-41(7)8)33(46)48-35(4,5)6)38-31-37-20-25(36)30(40-31)24-21-42(9)27-13-11-10-12-23(24)27/h10-15,18,20-21H,16-17,19H2,1-9H3,(H,39,45)(H,37,38,40). The third kappa shape index (κ3) is 9.68. The molecule has 4 rings (SSSR count). The van der Waals surface area contributed by atoms with Crippen LogP contribution in [0, 0.1) is 5.41 Å². The molecule has 0 aliphatic carbocycles. The molecule has 2 amide bonds. The first kappa shape index (κ1) is 36.2. The Morgan fingerprint density at radius 3 is 2.38 bits per heavy atom. The monoisotopic (exact) mass is 677 g/mol. The Bertz CT molecular complexity index is 1810. The number of aryl methyl sites for hydroxylation is 1. The van der Waals surface area contributed by atoms with E-state index < -0.39 is 23.8 Å². The van der Waals surface area contributed by atoms with Crippen molar-refractivity contribution < 1.29 is 23.9 Å². The van der Waals surface area contributed by atoms with Crippen molar-refractivity contribution in [2.24, 2.45) is 12.5 Å². The molecule has 0 saturated carbocycles. The van der Waals surface area contributed by atoms with Crippen molar-refractivity contribution in [2.75, 3.05) is 42.7 Å². The molecule has 0 bridgehead atoms. The minimum Gasteiger partial charge on any atom is -0.443 e. The van der Waals surface area contributed by atoms with Crippen molar-refractivity contribution in [3.63, 3.8) is 0 Å². The summed E-state index contributed by atoms with van der Waals surface area (Å²) in [6, 6.07) is 12.9. The zero-order chi connectivity index (χ0) is 35.4. The second kappa shape index (κ2) is 14.6. The lowest BCUT2D eigenvalue weighted by Gasteiger charge is -2.30. The van der Waals surface area contributed by atoms with Crippen LogP contribution in [0.1, 0.15) is 48.0 Å². The molecule has 2 heterocycles. The second-order valence-electron chi connectivity index (χ2n) is 14.0. The van der Waals surface area contributed by atoms with Crippen LogP contribution in [0.25, 0.3) is 22.2 Å². The third-order valence-electron chi connectivity index (χ3n) is 6.94. The van der Waals surface area contributed by atoms with Crippen molar-refractivity contribution in [3.05, 3.63) is 59.9 Å². The topological polar surface area (TPSA) is 131 Å². The lowest BCUT2D eigenvalue weighted by Crippen LogP contribution is -2.41. The number of anilines is 4. The molecular formula is C35H44ClN7O5. The molecular weight excluding hydrogens is 634 g/mol. The lowest BCUT2D eigenvalue weighted by molar-refractivity contribution is -0.138. The Morgan fingerprint density at radius 2 is 1.71 bits per heavy atom. The molecule has 0 fully saturated rings. The molecule has 0 aliphatic rings. The van der Waals surface area contributed by atoms with Crippen LogP contribution in [0.4, 0.5) is 32.6 Å². The lowest BCUT2D eigenvalue weighted by atomic mass is 9.93. The van der Waals surface area contributed by atoms with E-state index in [2.05, 4.69) is 15.6 Å². The van der Waals surface area contributed by atoms with Gasteiger partial charge in [-0.3, -0.25) is 15.0 Å². The average molecular weight is 678 g/mol. The summed E-state index contributed by atoms with van der Waals surface area (Å²) in [5.74, 6) is -0.427. The maximum absolute atomic E-state index is 13.5. The van der Waals surface area contributed by atoms with Crippen LogP contribution < -0.4 is 15.5 Å². The minimum absolute atomic E-state index is 0.0364. The van der Waals surface area contributed by atoms with Crippen LogP contribution in [-0.4, -0.2) is 70.4 Å². The van der Waals surface area contributed by atoms with Crippen LogP contribution >= 0.6 is 11.6 Å². The van der Waals surface area contributed by atoms with Gasteiger partial charge in [-0.25, -0.2) is 19.6 Å². The van der Waals surface area contributed by atoms with E-state index >= 15 is 0 Å². The number of esters is 1. The summed E-state index contributed by atoms with van der Waals surface area (Å²) < 4.78 is 12.8. The van der Waals surface area contributed by atoms with E-state index in [1.54, 1.807) is 39.0 Å². The molecule has 0 saturated heterocycles. The maximum Gasteiger partial charge on any atom is 0.419 e. The van der Waals surface area contributed by atoms with Crippen LogP contribution in [-0.2, 0) is 21.3 Å². The van der Waals surface area contributed by atoms with Gasteiger partial charge in [0.15, 0.2) is 0 Å². The van der Waals surface area contributed by atoms with Gasteiger partial charge in [-0.15, -0.1) is 0 Å². The van der Waals surface area contributed by atoms with Crippen LogP contribution in [0.2, 0.25) is 5.02 Å². The SMILES string of the molecule is CN(C)CCN(C(=O)OC(C)(C)C)c1ccc(Nc2ncc(Cl)c(-c3cn(C)c4ccccc34)n2)cc1NC(=O)OC(=O)CC(C)(C)C. The Labute approximate surface area is 286 Å². The normalized spacial score (nSPS) is 11.8. The van der Waals surface area contributed by atoms with Crippen molar-refractivity contribution in [3.8, 4) is 11.3 Å². The summed E-state index contributed by atoms with van der Waals surface area (Å²) in [6.45, 7) is 11.7. The number of aromatic nitrogens is 3. The Kier molecular flexibility index (Phi) is 11.0. The van der Waals surface area contributed by atoms with Gasteiger partial charge in [0.2, 0.25) is 5.95 Å². The summed E-state index contributed by atoms with van der Waals surface area (Å²) >= 11 is 6.59. The molecule has 0 spiro atoms. The molecule has 13 heteroatoms. The van der Waals surface area contributed by atoms with Gasteiger partial charge in [-0.2, -0.15) is 0 Å². The number of hydrogen-bond acceptors (Lipinski definition) is 9. The smallest absolute Gasteiger partial charge is 0.419 e. The highest BCUT2D eigenvalue weighted by molar-refractivity contribution is 6.33. The molecule has 48 heavy (non-hydrogen) atoms. The molecule has 2 aromatic heterocycles. The van der Waals surface area contributed by atoms with E-state index in [9.17, 15) is 14.4 Å². The highest BCUT2D eigenvalue weighted by Gasteiger charge is 2.27. The number of hydrogen-bond donors (Lipinski definition) is 2. The first-order chi connectivity index (χ1) is 22.4. The van der Waals surface area contributed by atoms with Gasteiger partial charge < -0.3 is 24.3 Å². The predicted molar refractivity (Wildman–Crippen MR) is 190 cm³/mol. The molecule has 256 valence electrons. The van der Waals surface area contributed by atoms with Crippen LogP contribution in [0.5, 0.6) is 0 Å². The van der Waals surface area contributed by atoms with E-state index in [1.165, 1.54) is 11.1 Å². The van der Waals surface area contributed by atoms with E-state index in [4.69, 9.17) is 26.1 Å². The van der Waals surface area contributed by atoms with Crippen LogP contribution in [0.15, 0.2) is 54.9 Å². The molecule has 12 nitrogen and oxygen atoms in total. The van der Waals surface area contributed by atoms with E-state index in [1.807, 2.05) is 81.8 Å². The highest BCUT2D eigenvalue weighted by atomic mass is 35.5. The van der Waals surface area contributed by atoms with Gasteiger partial charge in [0.05, 0.1) is 34.7 Å². The Morgan fingerprint density at radius 1 is 1.00 bits per heavy atom. The quantitative estimate of drug-likeness (QED) is 0.134. The number of amides is 2. The number of ether oxygens (including phenoxy) is 2. The molecule has 2 aromatic carbocycles. The maximum atomic E-state index is 13.5. The van der Waals surface area contributed by atoms with Gasteiger partial charge in [-0.1, -0.05) is 50.6 Å². The zero-order valence-corrected chi connectivity index (χ0v) is 29.7. The van der Waals surface area contributed by atoms with E-state index in [-0.39, 0.29) is 30.0 Å². The predicted octanol–water partition coefficient (Wildman–Crippen LogP) is 7.85. The molecule has 4 aromatic rings. The third-order valence-corrected chi connectivity index (χ3v) is 7.22. The molecule has 0 atom stereocenters. The fourth-order valence-electron chi connectivity index (χ4n) is 4.86. The first-order valence-corrected chi connectivity index (χ1v) is 15.9. The minimum atomic E-state index is -0.986. The molecule has 2 N–H and O–H groups in total. The van der Waals surface area contributed by atoms with Gasteiger partial charge >= 0.3 is 18.2 Å². The number of carbonyl (C=O) groups is 3. The van der Waals surface area contributed by atoms with E-state index in [0.29, 0.717) is 28.6 Å². The number of likely N-dealkylation sites (N-methyl/N-ethyl adjacent to an activating group) is 1. The number of benzene rings is 2. The summed E-state index contributed by atoms with van der Waals surface area (Å²) in [6.07, 6.45) is 1.93. The summed E-state index contributed by atoms with van der Waals surface area (Å²) in [5, 5.41) is 7.20. The molecule has 0 radical (unpaired) electrons. The Balaban J connectivity index is 1.72. The number of rotatable bonds is 9. The summed E-state index contributed by atoms with van der Waals surface area (Å²) in [7, 11) is 5.73. The Hall–Kier alpha value is -4.68. The van der Waals surface area contributed by atoms with Gasteiger partial charge in [0, 0.05) is 48.5 Å². The van der Waals surface area contributed by atoms with Crippen molar-refractivity contribution in [2.45, 2.75) is 53.6 Å². The number of halogens is 1. The summed E-state index contributed by atoms with van der Waals surface area (Å²) in [5.41, 5.74) is 2.29. The zero-order valence-electron chi connectivity index (χ0n) is 29.0. The number of nitrogens with one attached hydrogen (secondary N) is 2. The number of nitrogens with zero attached hydrogens (tertiary/aromatic N) is 5.